The van der Waals surface area contributed by atoms with E-state index in [0.717, 1.165) is 11.4 Å². The van der Waals surface area contributed by atoms with E-state index in [0.29, 0.717) is 23.1 Å². The predicted octanol–water partition coefficient (Wildman–Crippen LogP) is 4.25. The number of para-hydroxylation sites is 3. The Balaban J connectivity index is 1.53. The Morgan fingerprint density at radius 3 is 2.59 bits per heavy atom. The third-order valence-corrected chi connectivity index (χ3v) is 5.97. The molecular formula is C24H22N4O3S. The number of anilines is 1. The smallest absolute Gasteiger partial charge is 0.243 e. The van der Waals surface area contributed by atoms with E-state index in [2.05, 4.69) is 15.3 Å². The molecule has 1 atom stereocenters. The van der Waals surface area contributed by atoms with Gasteiger partial charge in [0.2, 0.25) is 11.8 Å². The average Bonchev–Trinajstić information content (AvgIpc) is 3.09. The third-order valence-electron chi connectivity index (χ3n) is 4.80. The Morgan fingerprint density at radius 1 is 1.09 bits per heavy atom. The number of pyridine rings is 1. The second-order valence-electron chi connectivity index (χ2n) is 7.03. The summed E-state index contributed by atoms with van der Waals surface area (Å²) in [6.07, 6.45) is 1.71. The molecule has 1 saturated heterocycles. The van der Waals surface area contributed by atoms with Gasteiger partial charge in [0, 0.05) is 12.6 Å². The Morgan fingerprint density at radius 2 is 1.84 bits per heavy atom. The zero-order valence-corrected chi connectivity index (χ0v) is 18.3. The fourth-order valence-corrected chi connectivity index (χ4v) is 4.41. The van der Waals surface area contributed by atoms with Gasteiger partial charge in [0.1, 0.15) is 11.0 Å². The Bertz CT molecular complexity index is 1120. The summed E-state index contributed by atoms with van der Waals surface area (Å²) in [5.41, 5.74) is 2.06. The molecule has 32 heavy (non-hydrogen) atoms. The van der Waals surface area contributed by atoms with Crippen LogP contribution in [0.3, 0.4) is 0 Å². The van der Waals surface area contributed by atoms with Crippen LogP contribution in [-0.2, 0) is 16.1 Å². The van der Waals surface area contributed by atoms with E-state index in [1.54, 1.807) is 30.3 Å². The van der Waals surface area contributed by atoms with Gasteiger partial charge in [-0.3, -0.25) is 19.5 Å². The maximum atomic E-state index is 13.2. The minimum Gasteiger partial charge on any atom is -0.495 e. The van der Waals surface area contributed by atoms with E-state index in [1.165, 1.54) is 11.8 Å². The van der Waals surface area contributed by atoms with Crippen LogP contribution in [0, 0.1) is 0 Å². The quantitative estimate of drug-likeness (QED) is 0.587. The number of benzene rings is 2. The molecule has 3 aromatic rings. The number of nitrogens with one attached hydrogen (secondary N) is 1. The molecule has 1 unspecified atom stereocenters. The van der Waals surface area contributed by atoms with Crippen molar-refractivity contribution in [2.24, 2.45) is 4.99 Å². The van der Waals surface area contributed by atoms with Gasteiger partial charge in [-0.25, -0.2) is 4.99 Å². The molecule has 7 nitrogen and oxygen atoms in total. The first-order chi connectivity index (χ1) is 15.6. The third kappa shape index (κ3) is 5.15. The number of ether oxygens (including phenoxy) is 1. The van der Waals surface area contributed by atoms with Crippen molar-refractivity contribution in [3.8, 4) is 5.75 Å². The average molecular weight is 447 g/mol. The molecule has 0 saturated carbocycles. The largest absolute Gasteiger partial charge is 0.495 e. The summed E-state index contributed by atoms with van der Waals surface area (Å²) in [6, 6.07) is 22.2. The van der Waals surface area contributed by atoms with E-state index in [4.69, 9.17) is 4.74 Å². The molecule has 0 aliphatic carbocycles. The summed E-state index contributed by atoms with van der Waals surface area (Å²) in [7, 11) is 1.54. The predicted molar refractivity (Wildman–Crippen MR) is 126 cm³/mol. The molecule has 0 radical (unpaired) electrons. The van der Waals surface area contributed by atoms with E-state index in [-0.39, 0.29) is 18.2 Å². The lowest BCUT2D eigenvalue weighted by Gasteiger charge is -2.16. The number of hydrogen-bond donors (Lipinski definition) is 1. The minimum atomic E-state index is -0.573. The lowest BCUT2D eigenvalue weighted by atomic mass is 10.2. The van der Waals surface area contributed by atoms with Crippen molar-refractivity contribution in [3.05, 3.63) is 84.7 Å². The van der Waals surface area contributed by atoms with Gasteiger partial charge in [-0.05, 0) is 36.4 Å². The molecule has 1 fully saturated rings. The lowest BCUT2D eigenvalue weighted by molar-refractivity contribution is -0.128. The number of nitrogens with zero attached hydrogens (tertiary/aromatic N) is 3. The van der Waals surface area contributed by atoms with Crippen LogP contribution < -0.4 is 10.1 Å². The van der Waals surface area contributed by atoms with Gasteiger partial charge in [-0.1, -0.05) is 48.2 Å². The number of carbonyl (C=O) groups excluding carboxylic acids is 2. The van der Waals surface area contributed by atoms with Gasteiger partial charge >= 0.3 is 0 Å². The van der Waals surface area contributed by atoms with Gasteiger partial charge in [0.05, 0.1) is 30.7 Å². The number of aliphatic imine (C=N–C) groups is 1. The number of rotatable bonds is 7. The zero-order valence-electron chi connectivity index (χ0n) is 17.5. The summed E-state index contributed by atoms with van der Waals surface area (Å²) >= 11 is 1.30. The fraction of sp³-hybridized carbons (Fsp3) is 0.167. The highest BCUT2D eigenvalue weighted by Crippen LogP contribution is 2.33. The van der Waals surface area contributed by atoms with Crippen LogP contribution in [0.5, 0.6) is 5.75 Å². The number of aromatic nitrogens is 1. The summed E-state index contributed by atoms with van der Waals surface area (Å²) in [5, 5.41) is 2.82. The number of amides is 2. The Kier molecular flexibility index (Phi) is 6.81. The highest BCUT2D eigenvalue weighted by molar-refractivity contribution is 8.15. The fourth-order valence-electron chi connectivity index (χ4n) is 3.25. The highest BCUT2D eigenvalue weighted by atomic mass is 32.2. The van der Waals surface area contributed by atoms with Crippen molar-refractivity contribution in [1.29, 1.82) is 0 Å². The number of amidine groups is 1. The number of methoxy groups -OCH3 is 1. The molecule has 1 aliphatic rings. The van der Waals surface area contributed by atoms with Crippen LogP contribution in [0.15, 0.2) is 84.0 Å². The van der Waals surface area contributed by atoms with E-state index in [9.17, 15) is 9.59 Å². The van der Waals surface area contributed by atoms with Crippen LogP contribution >= 0.6 is 11.8 Å². The molecular weight excluding hydrogens is 424 g/mol. The molecule has 1 aromatic heterocycles. The molecule has 0 spiro atoms. The SMILES string of the molecule is COc1ccccc1NC(=O)CC1SC(=Nc2ccccc2)N(Cc2ccccn2)C1=O. The van der Waals surface area contributed by atoms with Crippen LogP contribution in [-0.4, -0.2) is 39.2 Å². The van der Waals surface area contributed by atoms with Gasteiger partial charge < -0.3 is 10.1 Å². The summed E-state index contributed by atoms with van der Waals surface area (Å²) in [4.78, 5) is 36.5. The minimum absolute atomic E-state index is 0.0219. The van der Waals surface area contributed by atoms with Crippen LogP contribution in [0.4, 0.5) is 11.4 Å². The van der Waals surface area contributed by atoms with Crippen molar-refractivity contribution in [2.45, 2.75) is 18.2 Å². The molecule has 8 heteroatoms. The van der Waals surface area contributed by atoms with Crippen molar-refractivity contribution >= 4 is 40.1 Å². The second-order valence-corrected chi connectivity index (χ2v) is 8.20. The van der Waals surface area contributed by atoms with E-state index >= 15 is 0 Å². The summed E-state index contributed by atoms with van der Waals surface area (Å²) < 4.78 is 5.28. The molecule has 1 aliphatic heterocycles. The van der Waals surface area contributed by atoms with Crippen molar-refractivity contribution in [1.82, 2.24) is 9.88 Å². The number of thioether (sulfide) groups is 1. The van der Waals surface area contributed by atoms with Gasteiger partial charge in [0.15, 0.2) is 5.17 Å². The number of carbonyl (C=O) groups is 2. The molecule has 2 heterocycles. The highest BCUT2D eigenvalue weighted by Gasteiger charge is 2.39. The van der Waals surface area contributed by atoms with Gasteiger partial charge in [-0.15, -0.1) is 0 Å². The Labute approximate surface area is 190 Å². The van der Waals surface area contributed by atoms with Crippen molar-refractivity contribution in [2.75, 3.05) is 12.4 Å². The van der Waals surface area contributed by atoms with Crippen LogP contribution in [0.1, 0.15) is 12.1 Å². The first-order valence-corrected chi connectivity index (χ1v) is 11.0. The summed E-state index contributed by atoms with van der Waals surface area (Å²) in [5.74, 6) is 0.138. The molecule has 2 aromatic carbocycles. The van der Waals surface area contributed by atoms with Crippen molar-refractivity contribution < 1.29 is 14.3 Å². The van der Waals surface area contributed by atoms with Gasteiger partial charge in [-0.2, -0.15) is 0 Å². The Hall–Kier alpha value is -3.65. The van der Waals surface area contributed by atoms with Crippen LogP contribution in [0.2, 0.25) is 0 Å². The molecule has 4 rings (SSSR count). The maximum Gasteiger partial charge on any atom is 0.243 e. The van der Waals surface area contributed by atoms with E-state index in [1.807, 2.05) is 60.7 Å². The maximum absolute atomic E-state index is 13.2. The van der Waals surface area contributed by atoms with Gasteiger partial charge in [0.25, 0.3) is 0 Å². The number of hydrogen-bond acceptors (Lipinski definition) is 6. The molecule has 2 amide bonds. The normalized spacial score (nSPS) is 16.9. The molecule has 162 valence electrons. The second kappa shape index (κ2) is 10.1. The topological polar surface area (TPSA) is 83.9 Å². The molecule has 1 N–H and O–H groups in total. The lowest BCUT2D eigenvalue weighted by Crippen LogP contribution is -2.33. The summed E-state index contributed by atoms with van der Waals surface area (Å²) in [6.45, 7) is 0.295. The monoisotopic (exact) mass is 446 g/mol. The zero-order chi connectivity index (χ0) is 22.3. The standard InChI is InChI=1S/C24H22N4O3S/c1-31-20-13-6-5-12-19(20)27-22(29)15-21-23(30)28(16-18-11-7-8-14-25-18)24(32-21)26-17-9-3-2-4-10-17/h2-14,21H,15-16H2,1H3,(H,27,29). The molecule has 0 bridgehead atoms. The van der Waals surface area contributed by atoms with E-state index < -0.39 is 5.25 Å². The van der Waals surface area contributed by atoms with Crippen molar-refractivity contribution in [3.63, 3.8) is 0 Å². The van der Waals surface area contributed by atoms with Crippen LogP contribution in [0.25, 0.3) is 0 Å². The first-order valence-electron chi connectivity index (χ1n) is 10.1. The first kappa shape index (κ1) is 21.6.